The molecule has 0 saturated carbocycles. The second-order valence-electron chi connectivity index (χ2n) is 6.81. The molecule has 5 nitrogen and oxygen atoms in total. The van der Waals surface area contributed by atoms with Gasteiger partial charge in [0, 0.05) is 35.6 Å². The number of aryl methyl sites for hydroxylation is 1. The Kier molecular flexibility index (Phi) is 5.22. The molecule has 0 radical (unpaired) electrons. The molecule has 0 amide bonds. The summed E-state index contributed by atoms with van der Waals surface area (Å²) in [4.78, 5) is 13.0. The summed E-state index contributed by atoms with van der Waals surface area (Å²) in [6.07, 6.45) is -0.972. The largest absolute Gasteiger partial charge is 0.416 e. The minimum absolute atomic E-state index is 0.211. The average Bonchev–Trinajstić information content (AvgIpc) is 2.73. The van der Waals surface area contributed by atoms with Gasteiger partial charge in [-0.2, -0.15) is 18.2 Å². The molecule has 0 aliphatic heterocycles. The SMILES string of the molecule is Cc1cnc(Nc2ccc3ncccc3c2)nc1NCc1cccc(C(F)(F)F)c1. The first-order chi connectivity index (χ1) is 14.4. The number of halogens is 3. The van der Waals surface area contributed by atoms with Crippen LogP contribution in [0.3, 0.4) is 0 Å². The van der Waals surface area contributed by atoms with Crippen LogP contribution >= 0.6 is 0 Å². The standard InChI is InChI=1S/C22H18F3N5/c1-14-12-28-21(29-18-7-8-19-16(11-18)5-3-9-26-19)30-20(14)27-13-15-4-2-6-17(10-15)22(23,24)25/h2-12H,13H2,1H3,(H2,27,28,29,30). The van der Waals surface area contributed by atoms with E-state index < -0.39 is 11.7 Å². The summed E-state index contributed by atoms with van der Waals surface area (Å²) < 4.78 is 38.7. The molecule has 4 aromatic rings. The summed E-state index contributed by atoms with van der Waals surface area (Å²) in [6.45, 7) is 2.04. The third-order valence-electron chi connectivity index (χ3n) is 4.55. The summed E-state index contributed by atoms with van der Waals surface area (Å²) in [5, 5.41) is 7.23. The van der Waals surface area contributed by atoms with Crippen LogP contribution in [-0.4, -0.2) is 15.0 Å². The lowest BCUT2D eigenvalue weighted by Gasteiger charge is -2.12. The first-order valence-electron chi connectivity index (χ1n) is 9.24. The molecule has 4 rings (SSSR count). The number of fused-ring (bicyclic) bond motifs is 1. The van der Waals surface area contributed by atoms with Crippen molar-refractivity contribution in [3.63, 3.8) is 0 Å². The van der Waals surface area contributed by atoms with Gasteiger partial charge in [-0.3, -0.25) is 4.98 Å². The summed E-state index contributed by atoms with van der Waals surface area (Å²) in [5.74, 6) is 0.933. The zero-order chi connectivity index (χ0) is 21.1. The first-order valence-corrected chi connectivity index (χ1v) is 9.24. The molecule has 0 aliphatic carbocycles. The molecular formula is C22H18F3N5. The number of anilines is 3. The fourth-order valence-electron chi connectivity index (χ4n) is 3.01. The van der Waals surface area contributed by atoms with Crippen molar-refractivity contribution < 1.29 is 13.2 Å². The van der Waals surface area contributed by atoms with Crippen LogP contribution < -0.4 is 10.6 Å². The maximum Gasteiger partial charge on any atom is 0.416 e. The molecule has 0 saturated heterocycles. The fraction of sp³-hybridized carbons (Fsp3) is 0.136. The van der Waals surface area contributed by atoms with Gasteiger partial charge in [0.05, 0.1) is 11.1 Å². The normalized spacial score (nSPS) is 11.5. The Morgan fingerprint density at radius 1 is 0.967 bits per heavy atom. The van der Waals surface area contributed by atoms with Crippen LogP contribution in [0.2, 0.25) is 0 Å². The molecule has 2 heterocycles. The van der Waals surface area contributed by atoms with Gasteiger partial charge in [-0.25, -0.2) is 4.98 Å². The highest BCUT2D eigenvalue weighted by Gasteiger charge is 2.30. The minimum atomic E-state index is -4.37. The summed E-state index contributed by atoms with van der Waals surface area (Å²) in [7, 11) is 0. The first kappa shape index (κ1) is 19.6. The third-order valence-corrected chi connectivity index (χ3v) is 4.55. The number of hydrogen-bond donors (Lipinski definition) is 2. The van der Waals surface area contributed by atoms with E-state index in [-0.39, 0.29) is 6.54 Å². The van der Waals surface area contributed by atoms with Crippen molar-refractivity contribution in [1.29, 1.82) is 0 Å². The van der Waals surface area contributed by atoms with Crippen LogP contribution in [0.4, 0.5) is 30.6 Å². The quantitative estimate of drug-likeness (QED) is 0.442. The predicted octanol–water partition coefficient (Wildman–Crippen LogP) is 5.71. The number of nitrogens with one attached hydrogen (secondary N) is 2. The van der Waals surface area contributed by atoms with Crippen molar-refractivity contribution in [1.82, 2.24) is 15.0 Å². The van der Waals surface area contributed by atoms with Gasteiger partial charge >= 0.3 is 6.18 Å². The molecule has 0 aliphatic rings. The average molecular weight is 409 g/mol. The molecule has 2 aromatic heterocycles. The number of benzene rings is 2. The van der Waals surface area contributed by atoms with Crippen LogP contribution in [0, 0.1) is 6.92 Å². The maximum absolute atomic E-state index is 12.9. The number of nitrogens with zero attached hydrogens (tertiary/aromatic N) is 3. The fourth-order valence-corrected chi connectivity index (χ4v) is 3.01. The third kappa shape index (κ3) is 4.48. The van der Waals surface area contributed by atoms with Gasteiger partial charge < -0.3 is 10.6 Å². The van der Waals surface area contributed by atoms with E-state index in [4.69, 9.17) is 0 Å². The molecule has 2 aromatic carbocycles. The van der Waals surface area contributed by atoms with E-state index in [1.807, 2.05) is 37.3 Å². The van der Waals surface area contributed by atoms with Gasteiger partial charge in [-0.15, -0.1) is 0 Å². The summed E-state index contributed by atoms with van der Waals surface area (Å²) >= 11 is 0. The lowest BCUT2D eigenvalue weighted by Crippen LogP contribution is -2.08. The highest BCUT2D eigenvalue weighted by Crippen LogP contribution is 2.29. The Morgan fingerprint density at radius 2 is 1.83 bits per heavy atom. The number of pyridine rings is 1. The molecule has 2 N–H and O–H groups in total. The Morgan fingerprint density at radius 3 is 2.67 bits per heavy atom. The minimum Gasteiger partial charge on any atom is -0.366 e. The zero-order valence-corrected chi connectivity index (χ0v) is 16.0. The Labute approximate surface area is 171 Å². The van der Waals surface area contributed by atoms with E-state index in [1.54, 1.807) is 18.5 Å². The van der Waals surface area contributed by atoms with Gasteiger partial charge in [0.25, 0.3) is 0 Å². The van der Waals surface area contributed by atoms with E-state index >= 15 is 0 Å². The van der Waals surface area contributed by atoms with Gasteiger partial charge in [-0.05, 0) is 48.9 Å². The van der Waals surface area contributed by atoms with Crippen LogP contribution in [0.25, 0.3) is 10.9 Å². The number of hydrogen-bond acceptors (Lipinski definition) is 5. The molecule has 0 unspecified atom stereocenters. The van der Waals surface area contributed by atoms with Crippen molar-refractivity contribution in [2.45, 2.75) is 19.6 Å². The molecular weight excluding hydrogens is 391 g/mol. The van der Waals surface area contributed by atoms with E-state index in [0.717, 1.165) is 34.3 Å². The Bertz CT molecular complexity index is 1190. The number of rotatable bonds is 5. The molecule has 0 bridgehead atoms. The van der Waals surface area contributed by atoms with E-state index in [1.165, 1.54) is 6.07 Å². The Hall–Kier alpha value is -3.68. The molecule has 0 fully saturated rings. The smallest absolute Gasteiger partial charge is 0.366 e. The summed E-state index contributed by atoms with van der Waals surface area (Å²) in [6, 6.07) is 14.8. The maximum atomic E-state index is 12.9. The van der Waals surface area contributed by atoms with E-state index in [0.29, 0.717) is 17.3 Å². The monoisotopic (exact) mass is 409 g/mol. The van der Waals surface area contributed by atoms with Crippen molar-refractivity contribution in [3.8, 4) is 0 Å². The van der Waals surface area contributed by atoms with E-state index in [2.05, 4.69) is 25.6 Å². The second-order valence-corrected chi connectivity index (χ2v) is 6.81. The van der Waals surface area contributed by atoms with Crippen LogP contribution in [0.5, 0.6) is 0 Å². The highest BCUT2D eigenvalue weighted by molar-refractivity contribution is 5.82. The lowest BCUT2D eigenvalue weighted by atomic mass is 10.1. The van der Waals surface area contributed by atoms with Crippen molar-refractivity contribution in [2.75, 3.05) is 10.6 Å². The second kappa shape index (κ2) is 7.98. The lowest BCUT2D eigenvalue weighted by molar-refractivity contribution is -0.137. The topological polar surface area (TPSA) is 62.7 Å². The predicted molar refractivity (Wildman–Crippen MR) is 111 cm³/mol. The number of aromatic nitrogens is 3. The van der Waals surface area contributed by atoms with Crippen molar-refractivity contribution >= 4 is 28.4 Å². The number of alkyl halides is 3. The van der Waals surface area contributed by atoms with Gasteiger partial charge in [0.2, 0.25) is 5.95 Å². The molecule has 152 valence electrons. The molecule has 0 spiro atoms. The Balaban J connectivity index is 1.50. The molecule has 30 heavy (non-hydrogen) atoms. The van der Waals surface area contributed by atoms with Crippen molar-refractivity contribution in [3.05, 3.63) is 83.7 Å². The van der Waals surface area contributed by atoms with Gasteiger partial charge in [0.15, 0.2) is 0 Å². The van der Waals surface area contributed by atoms with E-state index in [9.17, 15) is 13.2 Å². The molecule has 8 heteroatoms. The van der Waals surface area contributed by atoms with Crippen LogP contribution in [-0.2, 0) is 12.7 Å². The molecule has 0 atom stereocenters. The van der Waals surface area contributed by atoms with Gasteiger partial charge in [-0.1, -0.05) is 18.2 Å². The summed E-state index contributed by atoms with van der Waals surface area (Å²) in [5.41, 5.74) is 2.32. The van der Waals surface area contributed by atoms with Crippen LogP contribution in [0.15, 0.2) is 67.0 Å². The zero-order valence-electron chi connectivity index (χ0n) is 16.0. The van der Waals surface area contributed by atoms with Gasteiger partial charge in [0.1, 0.15) is 5.82 Å². The van der Waals surface area contributed by atoms with Crippen LogP contribution in [0.1, 0.15) is 16.7 Å². The van der Waals surface area contributed by atoms with Crippen molar-refractivity contribution in [2.24, 2.45) is 0 Å². The highest BCUT2D eigenvalue weighted by atomic mass is 19.4.